The Kier molecular flexibility index (Phi) is 4.78. The van der Waals surface area contributed by atoms with Crippen molar-refractivity contribution in [2.75, 3.05) is 11.9 Å². The predicted molar refractivity (Wildman–Crippen MR) is 106 cm³/mol. The molecule has 1 aliphatic heterocycles. The first-order valence-electron chi connectivity index (χ1n) is 9.36. The number of hydrogen-bond donors (Lipinski definition) is 1. The number of rotatable bonds is 5. The van der Waals surface area contributed by atoms with Crippen LogP contribution in [0.4, 0.5) is 5.82 Å². The fourth-order valence-corrected chi connectivity index (χ4v) is 3.36. The second-order valence-electron chi connectivity index (χ2n) is 6.65. The maximum absolute atomic E-state index is 13.0. The summed E-state index contributed by atoms with van der Waals surface area (Å²) >= 11 is 0. The molecule has 0 bridgehead atoms. The zero-order chi connectivity index (χ0) is 21.4. The molecule has 3 heterocycles. The van der Waals surface area contributed by atoms with E-state index in [1.165, 1.54) is 11.3 Å². The van der Waals surface area contributed by atoms with Crippen molar-refractivity contribution in [3.8, 4) is 0 Å². The van der Waals surface area contributed by atoms with E-state index in [0.717, 1.165) is 4.90 Å². The van der Waals surface area contributed by atoms with Crippen LogP contribution in [0.5, 0.6) is 0 Å². The van der Waals surface area contributed by atoms with Gasteiger partial charge in [0, 0.05) is 6.20 Å². The van der Waals surface area contributed by atoms with Crippen LogP contribution in [0, 0.1) is 0 Å². The van der Waals surface area contributed by atoms with Gasteiger partial charge in [-0.1, -0.05) is 18.2 Å². The Balaban J connectivity index is 1.65. The van der Waals surface area contributed by atoms with Crippen LogP contribution in [0.15, 0.2) is 48.7 Å². The lowest BCUT2D eigenvalue weighted by molar-refractivity contribution is -0.119. The third kappa shape index (κ3) is 3.00. The molecule has 0 fully saturated rings. The summed E-state index contributed by atoms with van der Waals surface area (Å²) in [4.78, 5) is 55.8. The maximum Gasteiger partial charge on any atom is 0.360 e. The van der Waals surface area contributed by atoms with E-state index in [-0.39, 0.29) is 29.2 Å². The topological polar surface area (TPSA) is 110 Å². The Morgan fingerprint density at radius 1 is 1.07 bits per heavy atom. The number of carbonyl (C=O) groups excluding carboxylic acids is 4. The van der Waals surface area contributed by atoms with Gasteiger partial charge >= 0.3 is 5.97 Å². The lowest BCUT2D eigenvalue weighted by atomic mass is 10.1. The summed E-state index contributed by atoms with van der Waals surface area (Å²) in [7, 11) is 0. The van der Waals surface area contributed by atoms with E-state index in [4.69, 9.17) is 4.74 Å². The Morgan fingerprint density at radius 3 is 2.33 bits per heavy atom. The summed E-state index contributed by atoms with van der Waals surface area (Å²) in [6.07, 6.45) is 1.63. The van der Waals surface area contributed by atoms with Crippen molar-refractivity contribution < 1.29 is 23.9 Å². The van der Waals surface area contributed by atoms with Crippen molar-refractivity contribution in [2.24, 2.45) is 0 Å². The molecule has 2 aromatic heterocycles. The van der Waals surface area contributed by atoms with Crippen LogP contribution in [-0.2, 0) is 9.53 Å². The minimum atomic E-state index is -1.11. The largest absolute Gasteiger partial charge is 0.461 e. The van der Waals surface area contributed by atoms with Gasteiger partial charge in [-0.3, -0.25) is 23.7 Å². The molecule has 3 amide bonds. The summed E-state index contributed by atoms with van der Waals surface area (Å²) in [6, 6.07) is 10.4. The molecule has 30 heavy (non-hydrogen) atoms. The minimum absolute atomic E-state index is 0.0639. The van der Waals surface area contributed by atoms with Crippen LogP contribution in [0.3, 0.4) is 0 Å². The van der Waals surface area contributed by atoms with Gasteiger partial charge < -0.3 is 10.1 Å². The van der Waals surface area contributed by atoms with Gasteiger partial charge in [0.25, 0.3) is 11.8 Å². The van der Waals surface area contributed by atoms with E-state index in [2.05, 4.69) is 10.3 Å². The summed E-state index contributed by atoms with van der Waals surface area (Å²) < 4.78 is 6.56. The first-order valence-corrected chi connectivity index (χ1v) is 9.36. The van der Waals surface area contributed by atoms with E-state index in [0.29, 0.717) is 5.65 Å². The number of nitrogens with one attached hydrogen (secondary N) is 1. The molecule has 9 heteroatoms. The molecule has 0 saturated carbocycles. The molecule has 1 N–H and O–H groups in total. The number of imidazole rings is 1. The standard InChI is InChI=1S/C21H18N4O5/c1-3-30-21(29)16-17(24-11-7-6-10-15(24)22-16)23-18(26)12(2)25-19(27)13-8-4-5-9-14(13)20(25)28/h4-12H,3H2,1-2H3,(H,23,26). The van der Waals surface area contributed by atoms with Crippen molar-refractivity contribution in [1.29, 1.82) is 0 Å². The lowest BCUT2D eigenvalue weighted by Gasteiger charge is -2.21. The third-order valence-electron chi connectivity index (χ3n) is 4.83. The number of pyridine rings is 1. The van der Waals surface area contributed by atoms with Crippen LogP contribution in [-0.4, -0.2) is 50.6 Å². The molecule has 0 aliphatic carbocycles. The van der Waals surface area contributed by atoms with Crippen molar-refractivity contribution in [1.82, 2.24) is 14.3 Å². The molecule has 1 atom stereocenters. The van der Waals surface area contributed by atoms with Gasteiger partial charge in [0.2, 0.25) is 5.91 Å². The molecule has 152 valence electrons. The second-order valence-corrected chi connectivity index (χ2v) is 6.65. The second kappa shape index (κ2) is 7.43. The molecule has 0 saturated heterocycles. The van der Waals surface area contributed by atoms with Gasteiger partial charge in [-0.25, -0.2) is 9.78 Å². The van der Waals surface area contributed by atoms with Gasteiger partial charge in [0.05, 0.1) is 17.7 Å². The molecular weight excluding hydrogens is 388 g/mol. The number of benzene rings is 1. The average Bonchev–Trinajstić information content (AvgIpc) is 3.23. The molecule has 3 aromatic rings. The fourth-order valence-electron chi connectivity index (χ4n) is 3.36. The van der Waals surface area contributed by atoms with Crippen molar-refractivity contribution >= 4 is 35.2 Å². The summed E-state index contributed by atoms with van der Waals surface area (Å²) in [5.74, 6) is -2.30. The van der Waals surface area contributed by atoms with Gasteiger partial charge in [0.15, 0.2) is 11.5 Å². The molecule has 4 rings (SSSR count). The predicted octanol–water partition coefficient (Wildman–Crippen LogP) is 2.13. The molecule has 0 spiro atoms. The Hall–Kier alpha value is -4.01. The van der Waals surface area contributed by atoms with Crippen molar-refractivity contribution in [3.63, 3.8) is 0 Å². The number of hydrogen-bond acceptors (Lipinski definition) is 6. The summed E-state index contributed by atoms with van der Waals surface area (Å²) in [5.41, 5.74) is 0.878. The highest BCUT2D eigenvalue weighted by Crippen LogP contribution is 2.26. The Morgan fingerprint density at radius 2 is 1.70 bits per heavy atom. The quantitative estimate of drug-likeness (QED) is 0.513. The van der Waals surface area contributed by atoms with E-state index in [9.17, 15) is 19.2 Å². The monoisotopic (exact) mass is 406 g/mol. The van der Waals surface area contributed by atoms with Gasteiger partial charge in [-0.05, 0) is 38.1 Å². The normalized spacial score (nSPS) is 14.0. The van der Waals surface area contributed by atoms with E-state index < -0.39 is 29.7 Å². The molecule has 1 aromatic carbocycles. The number of amides is 3. The maximum atomic E-state index is 13.0. The first-order chi connectivity index (χ1) is 14.4. The van der Waals surface area contributed by atoms with E-state index in [1.54, 1.807) is 55.6 Å². The molecular formula is C21H18N4O5. The number of aromatic nitrogens is 2. The SMILES string of the molecule is CCOC(=O)c1nc2ccccn2c1NC(=O)C(C)N1C(=O)c2ccccc2C1=O. The van der Waals surface area contributed by atoms with Gasteiger partial charge in [-0.15, -0.1) is 0 Å². The van der Waals surface area contributed by atoms with Crippen LogP contribution < -0.4 is 5.32 Å². The van der Waals surface area contributed by atoms with Crippen molar-refractivity contribution in [2.45, 2.75) is 19.9 Å². The lowest BCUT2D eigenvalue weighted by Crippen LogP contribution is -2.45. The molecule has 1 unspecified atom stereocenters. The molecule has 1 aliphatic rings. The smallest absolute Gasteiger partial charge is 0.360 e. The van der Waals surface area contributed by atoms with Gasteiger partial charge in [-0.2, -0.15) is 0 Å². The number of fused-ring (bicyclic) bond motifs is 2. The van der Waals surface area contributed by atoms with Crippen LogP contribution in [0.2, 0.25) is 0 Å². The number of carbonyl (C=O) groups is 4. The molecule has 0 radical (unpaired) electrons. The van der Waals surface area contributed by atoms with Crippen molar-refractivity contribution in [3.05, 3.63) is 65.5 Å². The highest BCUT2D eigenvalue weighted by Gasteiger charge is 2.41. The first kappa shape index (κ1) is 19.3. The van der Waals surface area contributed by atoms with Gasteiger partial charge in [0.1, 0.15) is 11.7 Å². The van der Waals surface area contributed by atoms with Crippen LogP contribution in [0.1, 0.15) is 45.1 Å². The fraction of sp³-hybridized carbons (Fsp3) is 0.190. The summed E-state index contributed by atoms with van der Waals surface area (Å²) in [5, 5.41) is 2.63. The average molecular weight is 406 g/mol. The van der Waals surface area contributed by atoms with Crippen LogP contribution >= 0.6 is 0 Å². The van der Waals surface area contributed by atoms with E-state index in [1.807, 2.05) is 0 Å². The highest BCUT2D eigenvalue weighted by atomic mass is 16.5. The number of ether oxygens (including phenoxy) is 1. The highest BCUT2D eigenvalue weighted by molar-refractivity contribution is 6.23. The summed E-state index contributed by atoms with van der Waals surface area (Å²) in [6.45, 7) is 3.26. The minimum Gasteiger partial charge on any atom is -0.461 e. The number of imide groups is 1. The zero-order valence-electron chi connectivity index (χ0n) is 16.3. The zero-order valence-corrected chi connectivity index (χ0v) is 16.3. The number of nitrogens with zero attached hydrogens (tertiary/aromatic N) is 3. The Labute approximate surface area is 171 Å². The Bertz CT molecular complexity index is 1160. The molecule has 9 nitrogen and oxygen atoms in total. The van der Waals surface area contributed by atoms with E-state index >= 15 is 0 Å². The number of esters is 1. The van der Waals surface area contributed by atoms with Crippen LogP contribution in [0.25, 0.3) is 5.65 Å². The number of anilines is 1. The third-order valence-corrected chi connectivity index (χ3v) is 4.83.